The van der Waals surface area contributed by atoms with Gasteiger partial charge in [-0.05, 0) is 30.5 Å². The minimum Gasteiger partial charge on any atom is -0.477 e. The fraction of sp³-hybridized carbons (Fsp3) is 0.294. The highest BCUT2D eigenvalue weighted by Crippen LogP contribution is 2.48. The number of carboxylic acids is 1. The Balaban J connectivity index is 1.73. The average Bonchev–Trinajstić information content (AvgIpc) is 3.13. The Morgan fingerprint density at radius 2 is 1.77 bits per heavy atom. The molecule has 0 radical (unpaired) electrons. The van der Waals surface area contributed by atoms with Gasteiger partial charge in [-0.3, -0.25) is 4.79 Å². The lowest BCUT2D eigenvalue weighted by Gasteiger charge is -2.24. The molecule has 3 rings (SSSR count). The first-order valence-electron chi connectivity index (χ1n) is 7.16. The number of hydrogen-bond acceptors (Lipinski definition) is 3. The molecule has 1 amide bonds. The molecular formula is C17H17NO3S. The zero-order valence-corrected chi connectivity index (χ0v) is 13.1. The van der Waals surface area contributed by atoms with E-state index >= 15 is 0 Å². The van der Waals surface area contributed by atoms with Crippen LogP contribution in [0.25, 0.3) is 0 Å². The van der Waals surface area contributed by atoms with E-state index in [-0.39, 0.29) is 16.2 Å². The molecule has 1 heterocycles. The summed E-state index contributed by atoms with van der Waals surface area (Å²) < 4.78 is 0. The number of carbonyl (C=O) groups excluding carboxylic acids is 1. The standard InChI is InChI=1S/C17H17NO3S/c1-18(15(19)13-7-8-14(22-13)16(20)21)11-17(9-10-17)12-5-3-2-4-6-12/h2-8H,9-11H2,1H3,(H,20,21). The summed E-state index contributed by atoms with van der Waals surface area (Å²) in [5.41, 5.74) is 1.34. The van der Waals surface area contributed by atoms with E-state index in [2.05, 4.69) is 12.1 Å². The van der Waals surface area contributed by atoms with Crippen LogP contribution in [0, 0.1) is 0 Å². The Morgan fingerprint density at radius 3 is 2.32 bits per heavy atom. The molecule has 1 saturated carbocycles. The van der Waals surface area contributed by atoms with E-state index in [1.54, 1.807) is 18.0 Å². The number of thiophene rings is 1. The Hall–Kier alpha value is -2.14. The quantitative estimate of drug-likeness (QED) is 0.921. The van der Waals surface area contributed by atoms with Crippen molar-refractivity contribution in [2.24, 2.45) is 0 Å². The third kappa shape index (κ3) is 2.76. The van der Waals surface area contributed by atoms with Crippen LogP contribution in [0.3, 0.4) is 0 Å². The van der Waals surface area contributed by atoms with Crippen molar-refractivity contribution in [3.63, 3.8) is 0 Å². The van der Waals surface area contributed by atoms with Gasteiger partial charge in [-0.15, -0.1) is 11.3 Å². The molecular weight excluding hydrogens is 298 g/mol. The normalized spacial score (nSPS) is 15.3. The van der Waals surface area contributed by atoms with Crippen LogP contribution in [0.15, 0.2) is 42.5 Å². The monoisotopic (exact) mass is 315 g/mol. The van der Waals surface area contributed by atoms with Gasteiger partial charge in [0, 0.05) is 19.0 Å². The van der Waals surface area contributed by atoms with E-state index in [1.165, 1.54) is 11.6 Å². The highest BCUT2D eigenvalue weighted by atomic mass is 32.1. The van der Waals surface area contributed by atoms with Crippen LogP contribution < -0.4 is 0 Å². The Morgan fingerprint density at radius 1 is 1.14 bits per heavy atom. The fourth-order valence-corrected chi connectivity index (χ4v) is 3.60. The predicted molar refractivity (Wildman–Crippen MR) is 85.6 cm³/mol. The molecule has 0 spiro atoms. The summed E-state index contributed by atoms with van der Waals surface area (Å²) in [5.74, 6) is -1.10. The average molecular weight is 315 g/mol. The van der Waals surface area contributed by atoms with Gasteiger partial charge in [0.05, 0.1) is 4.88 Å². The van der Waals surface area contributed by atoms with E-state index in [0.717, 1.165) is 24.2 Å². The first-order chi connectivity index (χ1) is 10.5. The van der Waals surface area contributed by atoms with E-state index < -0.39 is 5.97 Å². The molecule has 4 nitrogen and oxygen atoms in total. The molecule has 1 aromatic carbocycles. The van der Waals surface area contributed by atoms with Gasteiger partial charge in [-0.2, -0.15) is 0 Å². The first kappa shape index (κ1) is 14.8. The summed E-state index contributed by atoms with van der Waals surface area (Å²) in [6.07, 6.45) is 2.17. The largest absolute Gasteiger partial charge is 0.477 e. The number of rotatable bonds is 5. The van der Waals surface area contributed by atoms with E-state index in [0.29, 0.717) is 11.4 Å². The zero-order chi connectivity index (χ0) is 15.7. The number of benzene rings is 1. The maximum absolute atomic E-state index is 12.5. The first-order valence-corrected chi connectivity index (χ1v) is 7.98. The molecule has 5 heteroatoms. The third-order valence-electron chi connectivity index (χ3n) is 4.15. The fourth-order valence-electron chi connectivity index (χ4n) is 2.76. The lowest BCUT2D eigenvalue weighted by atomic mass is 9.95. The highest BCUT2D eigenvalue weighted by Gasteiger charge is 2.45. The summed E-state index contributed by atoms with van der Waals surface area (Å²) in [6, 6.07) is 13.3. The van der Waals surface area contributed by atoms with Gasteiger partial charge >= 0.3 is 5.97 Å². The number of nitrogens with zero attached hydrogens (tertiary/aromatic N) is 1. The van der Waals surface area contributed by atoms with Gasteiger partial charge < -0.3 is 10.0 Å². The number of aromatic carboxylic acids is 1. The molecule has 0 saturated heterocycles. The van der Waals surface area contributed by atoms with Crippen LogP contribution in [0.5, 0.6) is 0 Å². The Labute approximate surface area is 133 Å². The second-order valence-corrected chi connectivity index (χ2v) is 6.86. The van der Waals surface area contributed by atoms with Crippen molar-refractivity contribution in [3.8, 4) is 0 Å². The van der Waals surface area contributed by atoms with Crippen LogP contribution in [0.1, 0.15) is 37.7 Å². The molecule has 2 aromatic rings. The molecule has 114 valence electrons. The van der Waals surface area contributed by atoms with Crippen molar-refractivity contribution in [2.45, 2.75) is 18.3 Å². The van der Waals surface area contributed by atoms with E-state index in [1.807, 2.05) is 18.2 Å². The number of carbonyl (C=O) groups is 2. The van der Waals surface area contributed by atoms with Crippen molar-refractivity contribution < 1.29 is 14.7 Å². The minimum atomic E-state index is -0.991. The topological polar surface area (TPSA) is 57.6 Å². The molecule has 1 aromatic heterocycles. The molecule has 1 fully saturated rings. The molecule has 1 aliphatic carbocycles. The van der Waals surface area contributed by atoms with E-state index in [9.17, 15) is 9.59 Å². The van der Waals surface area contributed by atoms with Gasteiger partial charge in [0.15, 0.2) is 0 Å². The molecule has 0 aliphatic heterocycles. The summed E-state index contributed by atoms with van der Waals surface area (Å²) in [7, 11) is 1.78. The van der Waals surface area contributed by atoms with Crippen LogP contribution in [-0.4, -0.2) is 35.5 Å². The maximum atomic E-state index is 12.5. The Kier molecular flexibility index (Phi) is 3.74. The van der Waals surface area contributed by atoms with Crippen LogP contribution in [0.2, 0.25) is 0 Å². The summed E-state index contributed by atoms with van der Waals surface area (Å²) in [5, 5.41) is 8.95. The molecule has 1 N–H and O–H groups in total. The van der Waals surface area contributed by atoms with Gasteiger partial charge in [0.1, 0.15) is 4.88 Å². The van der Waals surface area contributed by atoms with Crippen molar-refractivity contribution in [3.05, 3.63) is 57.8 Å². The smallest absolute Gasteiger partial charge is 0.345 e. The Bertz CT molecular complexity index is 704. The lowest BCUT2D eigenvalue weighted by Crippen LogP contribution is -2.34. The van der Waals surface area contributed by atoms with Crippen molar-refractivity contribution in [1.29, 1.82) is 0 Å². The lowest BCUT2D eigenvalue weighted by molar-refractivity contribution is 0.0701. The van der Waals surface area contributed by atoms with Crippen molar-refractivity contribution >= 4 is 23.2 Å². The highest BCUT2D eigenvalue weighted by molar-refractivity contribution is 7.15. The summed E-state index contributed by atoms with van der Waals surface area (Å²) >= 11 is 1.03. The maximum Gasteiger partial charge on any atom is 0.345 e. The molecule has 22 heavy (non-hydrogen) atoms. The third-order valence-corrected chi connectivity index (χ3v) is 5.22. The SMILES string of the molecule is CN(CC1(c2ccccc2)CC1)C(=O)c1ccc(C(=O)O)s1. The zero-order valence-electron chi connectivity index (χ0n) is 12.3. The van der Waals surface area contributed by atoms with E-state index in [4.69, 9.17) is 5.11 Å². The van der Waals surface area contributed by atoms with Crippen LogP contribution in [0.4, 0.5) is 0 Å². The summed E-state index contributed by atoms with van der Waals surface area (Å²) in [4.78, 5) is 25.8. The van der Waals surface area contributed by atoms with Crippen LogP contribution in [-0.2, 0) is 5.41 Å². The van der Waals surface area contributed by atoms with Crippen molar-refractivity contribution in [1.82, 2.24) is 4.90 Å². The second-order valence-electron chi connectivity index (χ2n) is 5.78. The number of likely N-dealkylation sites (N-methyl/N-ethyl adjacent to an activating group) is 1. The number of hydrogen-bond donors (Lipinski definition) is 1. The number of amides is 1. The molecule has 0 unspecified atom stereocenters. The molecule has 0 bridgehead atoms. The van der Waals surface area contributed by atoms with Gasteiger partial charge in [-0.1, -0.05) is 30.3 Å². The van der Waals surface area contributed by atoms with Gasteiger partial charge in [0.25, 0.3) is 5.91 Å². The second kappa shape index (κ2) is 5.57. The minimum absolute atomic E-state index is 0.0680. The molecule has 0 atom stereocenters. The van der Waals surface area contributed by atoms with Crippen LogP contribution >= 0.6 is 11.3 Å². The predicted octanol–water partition coefficient (Wildman–Crippen LogP) is 3.25. The molecule has 1 aliphatic rings. The van der Waals surface area contributed by atoms with Crippen molar-refractivity contribution in [2.75, 3.05) is 13.6 Å². The summed E-state index contributed by atoms with van der Waals surface area (Å²) in [6.45, 7) is 0.663. The number of carboxylic acid groups (broad SMARTS) is 1. The van der Waals surface area contributed by atoms with Gasteiger partial charge in [0.2, 0.25) is 0 Å². The van der Waals surface area contributed by atoms with Gasteiger partial charge in [-0.25, -0.2) is 4.79 Å².